The fourth-order valence-electron chi connectivity index (χ4n) is 4.03. The summed E-state index contributed by atoms with van der Waals surface area (Å²) in [6.45, 7) is 0. The molecule has 6 heteroatoms. The van der Waals surface area contributed by atoms with Gasteiger partial charge in [0.05, 0.1) is 11.3 Å². The van der Waals surface area contributed by atoms with E-state index in [-0.39, 0.29) is 17.3 Å². The SMILES string of the molecule is N#Cc1c(N)[nH+]c2c(c1N)[C@H](c1ccccc1Cl)c1ccc3ccccc3c1O2. The zero-order valence-corrected chi connectivity index (χ0v) is 16.0. The molecular weight excluding hydrogens is 384 g/mol. The number of nitrogens with two attached hydrogens (primary N) is 2. The number of halogens is 1. The van der Waals surface area contributed by atoms with Gasteiger partial charge in [-0.3, -0.25) is 5.73 Å². The normalized spacial score (nSPS) is 14.6. The minimum absolute atomic E-state index is 0.172. The number of rotatable bonds is 1. The van der Waals surface area contributed by atoms with Crippen LogP contribution in [0, 0.1) is 11.3 Å². The van der Waals surface area contributed by atoms with E-state index in [0.717, 1.165) is 27.6 Å². The van der Waals surface area contributed by atoms with E-state index in [1.807, 2.05) is 54.6 Å². The smallest absolute Gasteiger partial charge is 0.294 e. The van der Waals surface area contributed by atoms with E-state index in [1.165, 1.54) is 0 Å². The van der Waals surface area contributed by atoms with E-state index in [2.05, 4.69) is 17.1 Å². The zero-order valence-electron chi connectivity index (χ0n) is 15.2. The highest BCUT2D eigenvalue weighted by Gasteiger charge is 2.37. The third-order valence-electron chi connectivity index (χ3n) is 5.36. The van der Waals surface area contributed by atoms with Crippen molar-refractivity contribution >= 4 is 33.9 Å². The van der Waals surface area contributed by atoms with Gasteiger partial charge in [-0.2, -0.15) is 5.26 Å². The molecule has 1 aliphatic rings. The van der Waals surface area contributed by atoms with Crippen molar-refractivity contribution in [2.24, 2.45) is 0 Å². The van der Waals surface area contributed by atoms with Gasteiger partial charge in [0.25, 0.3) is 11.7 Å². The fraction of sp³-hybridized carbons (Fsp3) is 0.0435. The number of ether oxygens (including phenoxy) is 1. The van der Waals surface area contributed by atoms with Crippen molar-refractivity contribution in [1.29, 1.82) is 5.26 Å². The fourth-order valence-corrected chi connectivity index (χ4v) is 4.28. The number of aromatic nitrogens is 1. The molecule has 0 saturated heterocycles. The lowest BCUT2D eigenvalue weighted by Crippen LogP contribution is -2.25. The second-order valence-corrected chi connectivity index (χ2v) is 7.35. The van der Waals surface area contributed by atoms with Crippen LogP contribution in [0.4, 0.5) is 11.5 Å². The molecule has 0 aliphatic carbocycles. The summed E-state index contributed by atoms with van der Waals surface area (Å²) < 4.78 is 6.28. The van der Waals surface area contributed by atoms with Crippen LogP contribution in [-0.4, -0.2) is 0 Å². The van der Waals surface area contributed by atoms with E-state index in [4.69, 9.17) is 27.8 Å². The van der Waals surface area contributed by atoms with Crippen molar-refractivity contribution in [1.82, 2.24) is 0 Å². The Labute approximate surface area is 172 Å². The standard InChI is InChI=1S/C23H15ClN4O/c24-17-8-4-3-7-14(17)18-15-10-9-12-5-1-2-6-13(12)21(15)29-23-19(18)20(26)16(11-25)22(27)28-23/h1-10,18H,(H4,26,27,28)/p+1/t18-/m1/s1. The number of anilines is 2. The lowest BCUT2D eigenvalue weighted by molar-refractivity contribution is -0.375. The lowest BCUT2D eigenvalue weighted by Gasteiger charge is -2.29. The number of nitrogen functional groups attached to an aromatic ring is 2. The molecular formula is C23H16ClN4O+. The maximum Gasteiger partial charge on any atom is 0.294 e. The van der Waals surface area contributed by atoms with E-state index >= 15 is 0 Å². The Kier molecular flexibility index (Phi) is 3.83. The van der Waals surface area contributed by atoms with Gasteiger partial charge < -0.3 is 10.5 Å². The van der Waals surface area contributed by atoms with Crippen LogP contribution in [0.2, 0.25) is 5.02 Å². The average molecular weight is 400 g/mol. The molecule has 0 fully saturated rings. The molecule has 1 atom stereocenters. The number of aromatic amines is 1. The Morgan fingerprint density at radius 2 is 1.72 bits per heavy atom. The summed E-state index contributed by atoms with van der Waals surface area (Å²) >= 11 is 6.58. The number of benzene rings is 3. The number of hydrogen-bond acceptors (Lipinski definition) is 4. The number of nitrogens with zero attached hydrogens (tertiary/aromatic N) is 1. The Bertz CT molecular complexity index is 1340. The van der Waals surface area contributed by atoms with Crippen LogP contribution in [0.5, 0.6) is 11.6 Å². The van der Waals surface area contributed by atoms with Crippen LogP contribution in [0.1, 0.15) is 28.2 Å². The molecule has 29 heavy (non-hydrogen) atoms. The summed E-state index contributed by atoms with van der Waals surface area (Å²) in [6.07, 6.45) is 0. The highest BCUT2D eigenvalue weighted by atomic mass is 35.5. The Morgan fingerprint density at radius 1 is 0.966 bits per heavy atom. The van der Waals surface area contributed by atoms with Crippen LogP contribution in [0.15, 0.2) is 60.7 Å². The van der Waals surface area contributed by atoms with E-state index in [0.29, 0.717) is 22.2 Å². The molecule has 5 rings (SSSR count). The molecule has 5 nitrogen and oxygen atoms in total. The zero-order chi connectivity index (χ0) is 20.1. The monoisotopic (exact) mass is 399 g/mol. The first-order valence-corrected chi connectivity index (χ1v) is 9.46. The second-order valence-electron chi connectivity index (χ2n) is 6.94. The van der Waals surface area contributed by atoms with Crippen LogP contribution < -0.4 is 21.2 Å². The van der Waals surface area contributed by atoms with Gasteiger partial charge in [-0.25, -0.2) is 4.98 Å². The molecule has 0 radical (unpaired) electrons. The summed E-state index contributed by atoms with van der Waals surface area (Å²) in [5.41, 5.74) is 15.4. The molecule has 0 spiro atoms. The highest BCUT2D eigenvalue weighted by molar-refractivity contribution is 6.31. The maximum absolute atomic E-state index is 9.55. The van der Waals surface area contributed by atoms with Gasteiger partial charge in [-0.1, -0.05) is 66.2 Å². The first kappa shape index (κ1) is 17.4. The number of hydrogen-bond donors (Lipinski definition) is 2. The van der Waals surface area contributed by atoms with Crippen LogP contribution in [0.25, 0.3) is 10.8 Å². The molecule has 0 bridgehead atoms. The molecule has 5 N–H and O–H groups in total. The molecule has 140 valence electrons. The third kappa shape index (κ3) is 2.50. The maximum atomic E-state index is 9.55. The first-order valence-electron chi connectivity index (χ1n) is 9.08. The Balaban J connectivity index is 1.90. The molecule has 4 aromatic rings. The highest BCUT2D eigenvalue weighted by Crippen LogP contribution is 2.52. The lowest BCUT2D eigenvalue weighted by atomic mass is 9.81. The molecule has 3 aromatic carbocycles. The topological polar surface area (TPSA) is 99.2 Å². The molecule has 1 aliphatic heterocycles. The second kappa shape index (κ2) is 6.40. The summed E-state index contributed by atoms with van der Waals surface area (Å²) in [4.78, 5) is 3.02. The van der Waals surface area contributed by atoms with Gasteiger partial charge in [-0.15, -0.1) is 0 Å². The van der Waals surface area contributed by atoms with Gasteiger partial charge >= 0.3 is 0 Å². The van der Waals surface area contributed by atoms with Gasteiger partial charge in [0.1, 0.15) is 11.8 Å². The van der Waals surface area contributed by atoms with Gasteiger partial charge in [0.15, 0.2) is 5.56 Å². The van der Waals surface area contributed by atoms with E-state index in [1.54, 1.807) is 0 Å². The van der Waals surface area contributed by atoms with Crippen molar-refractivity contribution in [2.45, 2.75) is 5.92 Å². The van der Waals surface area contributed by atoms with Crippen LogP contribution in [0.3, 0.4) is 0 Å². The third-order valence-corrected chi connectivity index (χ3v) is 5.71. The van der Waals surface area contributed by atoms with Crippen molar-refractivity contribution in [3.63, 3.8) is 0 Å². The van der Waals surface area contributed by atoms with Crippen molar-refractivity contribution in [3.05, 3.63) is 87.9 Å². The van der Waals surface area contributed by atoms with E-state index in [9.17, 15) is 5.26 Å². The molecule has 0 unspecified atom stereocenters. The van der Waals surface area contributed by atoms with Crippen LogP contribution in [-0.2, 0) is 0 Å². The predicted molar refractivity (Wildman–Crippen MR) is 113 cm³/mol. The summed E-state index contributed by atoms with van der Waals surface area (Å²) in [5, 5.41) is 12.2. The Hall–Kier alpha value is -3.75. The first-order chi connectivity index (χ1) is 14.1. The molecule has 0 amide bonds. The minimum atomic E-state index is -0.309. The molecule has 1 aromatic heterocycles. The van der Waals surface area contributed by atoms with Gasteiger partial charge in [0, 0.05) is 21.9 Å². The number of fused-ring (bicyclic) bond motifs is 4. The minimum Gasteiger partial charge on any atom is -0.422 e. The molecule has 0 saturated carbocycles. The number of pyridine rings is 1. The van der Waals surface area contributed by atoms with Gasteiger partial charge in [-0.05, 0) is 17.0 Å². The van der Waals surface area contributed by atoms with Crippen LogP contribution >= 0.6 is 11.6 Å². The van der Waals surface area contributed by atoms with Crippen molar-refractivity contribution in [3.8, 4) is 17.7 Å². The quantitative estimate of drug-likeness (QED) is 0.429. The number of nitrogens with one attached hydrogen (secondary N) is 1. The van der Waals surface area contributed by atoms with Crippen molar-refractivity contribution < 1.29 is 9.72 Å². The summed E-state index contributed by atoms with van der Waals surface area (Å²) in [7, 11) is 0. The average Bonchev–Trinajstić information content (AvgIpc) is 2.73. The summed E-state index contributed by atoms with van der Waals surface area (Å²) in [6, 6.07) is 21.8. The number of nitriles is 1. The predicted octanol–water partition coefficient (Wildman–Crippen LogP) is 4.63. The van der Waals surface area contributed by atoms with Gasteiger partial charge in [0.2, 0.25) is 0 Å². The van der Waals surface area contributed by atoms with Crippen molar-refractivity contribution in [2.75, 3.05) is 11.5 Å². The van der Waals surface area contributed by atoms with E-state index < -0.39 is 0 Å². The Morgan fingerprint density at radius 3 is 2.52 bits per heavy atom. The number of H-pyrrole nitrogens is 1. The molecule has 2 heterocycles. The summed E-state index contributed by atoms with van der Waals surface area (Å²) in [5.74, 6) is 1.01. The largest absolute Gasteiger partial charge is 0.422 e.